The molecule has 0 heterocycles. The standard InChI is InChI=1S/C56H103NO5/c1-4-7-10-13-16-19-22-24-26-28-30-32-34-37-40-43-46-49-56(61)62-52(47-44-41-38-35-33-31-29-27-25-23-20-17-14-11-8-5-2)50-55(60)57-53(51-58)54(59)48-45-42-39-36-21-18-15-12-9-6-3/h16,19,24,26,30,32,37,40,52-54,58-59H,4-15,17-18,20-23,25,27-29,31,33-36,38-39,41-51H2,1-3H3,(H,57,60)/b19-16-,26-24-,32-30-,40-37-. The van der Waals surface area contributed by atoms with Crippen molar-refractivity contribution in [3.05, 3.63) is 48.6 Å². The third kappa shape index (κ3) is 44.4. The molecular weight excluding hydrogens is 767 g/mol. The number of esters is 1. The van der Waals surface area contributed by atoms with Gasteiger partial charge in [-0.05, 0) is 64.2 Å². The first-order chi connectivity index (χ1) is 30.5. The molecule has 0 aliphatic carbocycles. The van der Waals surface area contributed by atoms with Gasteiger partial charge < -0.3 is 20.3 Å². The second kappa shape index (κ2) is 49.8. The largest absolute Gasteiger partial charge is 0.462 e. The minimum atomic E-state index is -0.794. The van der Waals surface area contributed by atoms with Crippen molar-refractivity contribution < 1.29 is 24.5 Å². The van der Waals surface area contributed by atoms with E-state index in [1.54, 1.807) is 0 Å². The number of carbonyl (C=O) groups excluding carboxylic acids is 2. The third-order valence-electron chi connectivity index (χ3n) is 12.2. The second-order valence-corrected chi connectivity index (χ2v) is 18.3. The first-order valence-electron chi connectivity index (χ1n) is 26.9. The topological polar surface area (TPSA) is 95.9 Å². The molecule has 0 aliphatic heterocycles. The van der Waals surface area contributed by atoms with Crippen LogP contribution in [0.15, 0.2) is 48.6 Å². The normalized spacial score (nSPS) is 13.6. The highest BCUT2D eigenvalue weighted by molar-refractivity contribution is 5.77. The van der Waals surface area contributed by atoms with E-state index < -0.39 is 18.2 Å². The molecule has 3 atom stereocenters. The summed E-state index contributed by atoms with van der Waals surface area (Å²) in [5.41, 5.74) is 0. The predicted octanol–water partition coefficient (Wildman–Crippen LogP) is 16.2. The van der Waals surface area contributed by atoms with E-state index in [1.807, 2.05) is 0 Å². The fourth-order valence-corrected chi connectivity index (χ4v) is 8.07. The molecule has 0 saturated carbocycles. The van der Waals surface area contributed by atoms with Gasteiger partial charge in [0.05, 0.1) is 25.2 Å². The van der Waals surface area contributed by atoms with E-state index in [0.29, 0.717) is 25.7 Å². The Morgan fingerprint density at radius 2 is 0.823 bits per heavy atom. The number of rotatable bonds is 48. The van der Waals surface area contributed by atoms with Crippen LogP contribution in [0.1, 0.15) is 271 Å². The molecule has 0 aliphatic rings. The molecule has 0 radical (unpaired) electrons. The zero-order valence-corrected chi connectivity index (χ0v) is 41.3. The Balaban J connectivity index is 4.64. The zero-order chi connectivity index (χ0) is 45.2. The number of nitrogens with one attached hydrogen (secondary N) is 1. The Bertz CT molecular complexity index is 1070. The number of hydrogen-bond acceptors (Lipinski definition) is 5. The smallest absolute Gasteiger partial charge is 0.306 e. The van der Waals surface area contributed by atoms with E-state index in [4.69, 9.17) is 4.74 Å². The Labute approximate surface area is 385 Å². The molecule has 0 fully saturated rings. The van der Waals surface area contributed by atoms with Crippen LogP contribution in [0, 0.1) is 0 Å². The summed E-state index contributed by atoms with van der Waals surface area (Å²) in [6.45, 7) is 6.45. The van der Waals surface area contributed by atoms with Gasteiger partial charge in [-0.1, -0.05) is 243 Å². The first-order valence-corrected chi connectivity index (χ1v) is 26.9. The quantitative estimate of drug-likeness (QED) is 0.0322. The minimum Gasteiger partial charge on any atom is -0.462 e. The van der Waals surface area contributed by atoms with Crippen LogP contribution in [0.5, 0.6) is 0 Å². The lowest BCUT2D eigenvalue weighted by molar-refractivity contribution is -0.151. The molecule has 0 rings (SSSR count). The van der Waals surface area contributed by atoms with Gasteiger partial charge in [0.25, 0.3) is 0 Å². The summed E-state index contributed by atoms with van der Waals surface area (Å²) in [6, 6.07) is -0.710. The summed E-state index contributed by atoms with van der Waals surface area (Å²) in [7, 11) is 0. The monoisotopic (exact) mass is 870 g/mol. The van der Waals surface area contributed by atoms with Gasteiger partial charge in [-0.25, -0.2) is 0 Å². The highest BCUT2D eigenvalue weighted by Crippen LogP contribution is 2.18. The van der Waals surface area contributed by atoms with E-state index in [-0.39, 0.29) is 24.9 Å². The Kier molecular flexibility index (Phi) is 48.1. The number of aliphatic hydroxyl groups excluding tert-OH is 2. The highest BCUT2D eigenvalue weighted by Gasteiger charge is 2.24. The minimum absolute atomic E-state index is 0.0587. The van der Waals surface area contributed by atoms with E-state index in [2.05, 4.69) is 74.7 Å². The molecular formula is C56H103NO5. The molecule has 1 amide bonds. The van der Waals surface area contributed by atoms with Crippen molar-refractivity contribution in [1.29, 1.82) is 0 Å². The van der Waals surface area contributed by atoms with Crippen molar-refractivity contribution in [1.82, 2.24) is 5.32 Å². The Morgan fingerprint density at radius 1 is 0.468 bits per heavy atom. The van der Waals surface area contributed by atoms with Gasteiger partial charge in [-0.3, -0.25) is 9.59 Å². The highest BCUT2D eigenvalue weighted by atomic mass is 16.5. The average Bonchev–Trinajstić information content (AvgIpc) is 3.26. The van der Waals surface area contributed by atoms with Crippen molar-refractivity contribution in [2.24, 2.45) is 0 Å². The van der Waals surface area contributed by atoms with E-state index in [9.17, 15) is 19.8 Å². The van der Waals surface area contributed by atoms with Crippen LogP contribution in [0.25, 0.3) is 0 Å². The molecule has 6 heteroatoms. The number of ether oxygens (including phenoxy) is 1. The third-order valence-corrected chi connectivity index (χ3v) is 12.2. The van der Waals surface area contributed by atoms with Crippen LogP contribution >= 0.6 is 0 Å². The van der Waals surface area contributed by atoms with Crippen molar-refractivity contribution in [3.8, 4) is 0 Å². The maximum Gasteiger partial charge on any atom is 0.306 e. The van der Waals surface area contributed by atoms with Crippen LogP contribution in [-0.4, -0.2) is 46.9 Å². The van der Waals surface area contributed by atoms with Gasteiger partial charge in [-0.2, -0.15) is 0 Å². The predicted molar refractivity (Wildman–Crippen MR) is 269 cm³/mol. The van der Waals surface area contributed by atoms with Crippen LogP contribution in [0.3, 0.4) is 0 Å². The summed E-state index contributed by atoms with van der Waals surface area (Å²) in [5.74, 6) is -0.531. The molecule has 0 aromatic heterocycles. The van der Waals surface area contributed by atoms with Gasteiger partial charge in [0.15, 0.2) is 0 Å². The van der Waals surface area contributed by atoms with Crippen molar-refractivity contribution >= 4 is 11.9 Å². The molecule has 6 nitrogen and oxygen atoms in total. The summed E-state index contributed by atoms with van der Waals surface area (Å²) in [4.78, 5) is 26.1. The SMILES string of the molecule is CCCCC/C=C\C/C=C\C/C=C\C/C=C\CCCC(=O)OC(CCCCCCCCCCCCCCCCCC)CC(=O)NC(CO)C(O)CCCCCCCCCCCC. The average molecular weight is 870 g/mol. The molecule has 0 aromatic rings. The molecule has 0 bridgehead atoms. The maximum absolute atomic E-state index is 13.2. The number of aliphatic hydroxyl groups is 2. The van der Waals surface area contributed by atoms with Crippen LogP contribution in [0.4, 0.5) is 0 Å². The first kappa shape index (κ1) is 59.8. The number of allylic oxidation sites excluding steroid dienone is 8. The van der Waals surface area contributed by atoms with E-state index >= 15 is 0 Å². The lowest BCUT2D eigenvalue weighted by Crippen LogP contribution is -2.46. The fourth-order valence-electron chi connectivity index (χ4n) is 8.07. The summed E-state index contributed by atoms with van der Waals surface area (Å²) >= 11 is 0. The van der Waals surface area contributed by atoms with Gasteiger partial charge in [0.2, 0.25) is 5.91 Å². The van der Waals surface area contributed by atoms with Crippen molar-refractivity contribution in [2.75, 3.05) is 6.61 Å². The van der Waals surface area contributed by atoms with Gasteiger partial charge >= 0.3 is 5.97 Å². The molecule has 362 valence electrons. The summed E-state index contributed by atoms with van der Waals surface area (Å²) in [5, 5.41) is 23.7. The zero-order valence-electron chi connectivity index (χ0n) is 41.3. The summed E-state index contributed by atoms with van der Waals surface area (Å²) < 4.78 is 5.92. The Morgan fingerprint density at radius 3 is 1.24 bits per heavy atom. The lowest BCUT2D eigenvalue weighted by Gasteiger charge is -2.24. The van der Waals surface area contributed by atoms with Gasteiger partial charge in [0.1, 0.15) is 6.10 Å². The molecule has 0 spiro atoms. The number of carbonyl (C=O) groups is 2. The van der Waals surface area contributed by atoms with Crippen molar-refractivity contribution in [3.63, 3.8) is 0 Å². The maximum atomic E-state index is 13.2. The fraction of sp³-hybridized carbons (Fsp3) is 0.821. The van der Waals surface area contributed by atoms with Gasteiger partial charge in [0, 0.05) is 6.42 Å². The lowest BCUT2D eigenvalue weighted by atomic mass is 10.0. The molecule has 62 heavy (non-hydrogen) atoms. The summed E-state index contributed by atoms with van der Waals surface area (Å²) in [6.07, 6.45) is 60.3. The number of unbranched alkanes of at least 4 members (excludes halogenated alkanes) is 28. The van der Waals surface area contributed by atoms with E-state index in [0.717, 1.165) is 64.2 Å². The molecule has 3 N–H and O–H groups in total. The Hall–Kier alpha value is -2.18. The van der Waals surface area contributed by atoms with Crippen LogP contribution in [-0.2, 0) is 14.3 Å². The van der Waals surface area contributed by atoms with Crippen LogP contribution in [0.2, 0.25) is 0 Å². The van der Waals surface area contributed by atoms with Crippen molar-refractivity contribution in [2.45, 2.75) is 289 Å². The second-order valence-electron chi connectivity index (χ2n) is 18.3. The molecule has 0 aromatic carbocycles. The van der Waals surface area contributed by atoms with E-state index in [1.165, 1.54) is 154 Å². The molecule has 0 saturated heterocycles. The van der Waals surface area contributed by atoms with Crippen LogP contribution < -0.4 is 5.32 Å². The molecule has 3 unspecified atom stereocenters. The number of hydrogen-bond donors (Lipinski definition) is 3. The number of amides is 1. The van der Waals surface area contributed by atoms with Gasteiger partial charge in [-0.15, -0.1) is 0 Å².